The highest BCUT2D eigenvalue weighted by Crippen LogP contribution is 2.42. The number of rotatable bonds is 7. The number of nitrogens with one attached hydrogen (secondary N) is 1. The molecule has 3 heterocycles. The van der Waals surface area contributed by atoms with Crippen molar-refractivity contribution in [2.75, 3.05) is 20.3 Å². The molecule has 0 aliphatic carbocycles. The molecule has 6 nitrogen and oxygen atoms in total. The largest absolute Gasteiger partial charge is 0.496 e. The molecule has 5 rings (SSSR count). The molecule has 182 valence electrons. The molecular formula is C27H27NO5S2. The lowest BCUT2D eigenvalue weighted by Crippen LogP contribution is -2.57. The summed E-state index contributed by atoms with van der Waals surface area (Å²) in [5, 5.41) is 6.34. The summed E-state index contributed by atoms with van der Waals surface area (Å²) in [5.41, 5.74) is 0.789. The summed E-state index contributed by atoms with van der Waals surface area (Å²) in [6.45, 7) is 1.39. The van der Waals surface area contributed by atoms with Crippen LogP contribution >= 0.6 is 23.1 Å². The number of benzene rings is 2. The summed E-state index contributed by atoms with van der Waals surface area (Å²) in [4.78, 5) is 27.8. The van der Waals surface area contributed by atoms with Gasteiger partial charge in [-0.2, -0.15) is 11.3 Å². The highest BCUT2D eigenvalue weighted by molar-refractivity contribution is 8.01. The zero-order valence-electron chi connectivity index (χ0n) is 19.4. The average Bonchev–Trinajstić information content (AvgIpc) is 3.43. The summed E-state index contributed by atoms with van der Waals surface area (Å²) in [5.74, 6) is 0.952. The van der Waals surface area contributed by atoms with Gasteiger partial charge in [-0.15, -0.1) is 11.8 Å². The Morgan fingerprint density at radius 2 is 1.89 bits per heavy atom. The van der Waals surface area contributed by atoms with E-state index >= 15 is 0 Å². The lowest BCUT2D eigenvalue weighted by Gasteiger charge is -2.40. The van der Waals surface area contributed by atoms with Crippen LogP contribution in [0.5, 0.6) is 11.5 Å². The standard InChI is InChI=1S/C27H27NO5S2/c1-31-23-7-2-3-8-24(23)35-25-22(29)16-27(28-26(25)30,19-11-14-34-17-19)18-5-4-6-21(15-18)33-20-9-12-32-13-10-20/h2-8,11,14-15,17,20,25H,9-10,12-13,16H2,1H3,(H,28,30). The molecule has 2 unspecified atom stereocenters. The topological polar surface area (TPSA) is 73.9 Å². The third kappa shape index (κ3) is 4.96. The van der Waals surface area contributed by atoms with E-state index in [1.807, 2.05) is 65.4 Å². The van der Waals surface area contributed by atoms with Crippen LogP contribution < -0.4 is 14.8 Å². The number of para-hydroxylation sites is 1. The number of carbonyl (C=O) groups is 2. The quantitative estimate of drug-likeness (QED) is 0.461. The smallest absolute Gasteiger partial charge is 0.242 e. The number of amides is 1. The SMILES string of the molecule is COc1ccccc1SC1C(=O)CC(c2ccsc2)(c2cccc(OC3CCOCC3)c2)NC1=O. The summed E-state index contributed by atoms with van der Waals surface area (Å²) in [7, 11) is 1.58. The number of hydrogen-bond acceptors (Lipinski definition) is 7. The van der Waals surface area contributed by atoms with E-state index in [-0.39, 0.29) is 24.2 Å². The van der Waals surface area contributed by atoms with Gasteiger partial charge in [0.25, 0.3) is 0 Å². The molecular weight excluding hydrogens is 482 g/mol. The number of ether oxygens (including phenoxy) is 3. The molecule has 2 aromatic carbocycles. The third-order valence-electron chi connectivity index (χ3n) is 6.43. The molecule has 1 amide bonds. The minimum Gasteiger partial charge on any atom is -0.496 e. The number of thioether (sulfide) groups is 1. The van der Waals surface area contributed by atoms with Crippen molar-refractivity contribution in [2.24, 2.45) is 0 Å². The van der Waals surface area contributed by atoms with Crippen molar-refractivity contribution < 1.29 is 23.8 Å². The fourth-order valence-electron chi connectivity index (χ4n) is 4.63. The van der Waals surface area contributed by atoms with E-state index < -0.39 is 10.8 Å². The monoisotopic (exact) mass is 509 g/mol. The lowest BCUT2D eigenvalue weighted by atomic mass is 9.77. The second kappa shape index (κ2) is 10.4. The molecule has 0 radical (unpaired) electrons. The lowest BCUT2D eigenvalue weighted by molar-refractivity contribution is -0.132. The Balaban J connectivity index is 1.44. The van der Waals surface area contributed by atoms with Crippen molar-refractivity contribution in [2.45, 2.75) is 41.1 Å². The first-order chi connectivity index (χ1) is 17.1. The van der Waals surface area contributed by atoms with Crippen LogP contribution in [0.25, 0.3) is 0 Å². The van der Waals surface area contributed by atoms with Gasteiger partial charge in [0, 0.05) is 19.3 Å². The first-order valence-electron chi connectivity index (χ1n) is 11.6. The molecule has 1 N–H and O–H groups in total. The molecule has 0 spiro atoms. The molecule has 2 aliphatic heterocycles. The second-order valence-corrected chi connectivity index (χ2v) is 10.6. The highest BCUT2D eigenvalue weighted by atomic mass is 32.2. The molecule has 1 aromatic heterocycles. The van der Waals surface area contributed by atoms with Gasteiger partial charge in [0.1, 0.15) is 22.9 Å². The van der Waals surface area contributed by atoms with E-state index in [1.54, 1.807) is 18.4 Å². The van der Waals surface area contributed by atoms with Gasteiger partial charge in [-0.1, -0.05) is 24.3 Å². The molecule has 0 saturated carbocycles. The fraction of sp³-hybridized carbons (Fsp3) is 0.333. The van der Waals surface area contributed by atoms with Gasteiger partial charge in [-0.05, 0) is 52.2 Å². The Bertz CT molecular complexity index is 1170. The normalized spacial score (nSPS) is 23.1. The number of piperidine rings is 1. The maximum Gasteiger partial charge on any atom is 0.242 e. The minimum absolute atomic E-state index is 0.0975. The molecule has 2 aliphatic rings. The number of thiophene rings is 1. The molecule has 35 heavy (non-hydrogen) atoms. The average molecular weight is 510 g/mol. The first-order valence-corrected chi connectivity index (χ1v) is 13.4. The Hall–Kier alpha value is -2.81. The van der Waals surface area contributed by atoms with Gasteiger partial charge >= 0.3 is 0 Å². The Labute approximate surface area is 213 Å². The van der Waals surface area contributed by atoms with E-state index in [1.165, 1.54) is 11.8 Å². The molecule has 2 atom stereocenters. The number of methoxy groups -OCH3 is 1. The van der Waals surface area contributed by atoms with Crippen molar-refractivity contribution in [3.63, 3.8) is 0 Å². The second-order valence-electron chi connectivity index (χ2n) is 8.66. The predicted molar refractivity (Wildman–Crippen MR) is 136 cm³/mol. The molecule has 2 fully saturated rings. The van der Waals surface area contributed by atoms with Crippen molar-refractivity contribution in [1.29, 1.82) is 0 Å². The van der Waals surface area contributed by atoms with Crippen LogP contribution in [0.15, 0.2) is 70.3 Å². The maximum atomic E-state index is 13.5. The van der Waals surface area contributed by atoms with Crippen molar-refractivity contribution in [3.8, 4) is 11.5 Å². The Morgan fingerprint density at radius 1 is 1.06 bits per heavy atom. The van der Waals surface area contributed by atoms with Gasteiger partial charge in [0.05, 0.1) is 30.8 Å². The van der Waals surface area contributed by atoms with Crippen LogP contribution in [-0.4, -0.2) is 43.4 Å². The molecule has 2 saturated heterocycles. The summed E-state index contributed by atoms with van der Waals surface area (Å²) in [6, 6.07) is 17.1. The van der Waals surface area contributed by atoms with Crippen LogP contribution in [0.3, 0.4) is 0 Å². The van der Waals surface area contributed by atoms with Crippen molar-refractivity contribution in [3.05, 3.63) is 76.5 Å². The van der Waals surface area contributed by atoms with Gasteiger partial charge in [-0.25, -0.2) is 0 Å². The van der Waals surface area contributed by atoms with E-state index in [0.717, 1.165) is 34.6 Å². The fourth-order valence-corrected chi connectivity index (χ4v) is 6.42. The molecule has 0 bridgehead atoms. The summed E-state index contributed by atoms with van der Waals surface area (Å²) >= 11 is 2.77. The van der Waals surface area contributed by atoms with Crippen LogP contribution in [-0.2, 0) is 19.9 Å². The van der Waals surface area contributed by atoms with E-state index in [9.17, 15) is 9.59 Å². The van der Waals surface area contributed by atoms with Crippen LogP contribution in [0.2, 0.25) is 0 Å². The zero-order valence-corrected chi connectivity index (χ0v) is 21.0. The van der Waals surface area contributed by atoms with Gasteiger partial charge < -0.3 is 19.5 Å². The number of Topliss-reactive ketones (excluding diaryl/α,β-unsaturated/α-hetero) is 1. The van der Waals surface area contributed by atoms with E-state index in [4.69, 9.17) is 14.2 Å². The minimum atomic E-state index is -0.943. The van der Waals surface area contributed by atoms with Crippen molar-refractivity contribution >= 4 is 34.8 Å². The number of ketones is 1. The third-order valence-corrected chi connectivity index (χ3v) is 8.42. The van der Waals surface area contributed by atoms with Gasteiger partial charge in [0.2, 0.25) is 5.91 Å². The van der Waals surface area contributed by atoms with Crippen LogP contribution in [0, 0.1) is 0 Å². The van der Waals surface area contributed by atoms with Gasteiger partial charge in [-0.3, -0.25) is 9.59 Å². The summed E-state index contributed by atoms with van der Waals surface area (Å²) in [6.07, 6.45) is 1.94. The van der Waals surface area contributed by atoms with E-state index in [2.05, 4.69) is 5.32 Å². The molecule has 8 heteroatoms. The first kappa shape index (κ1) is 23.9. The highest BCUT2D eigenvalue weighted by Gasteiger charge is 2.47. The Morgan fingerprint density at radius 3 is 2.63 bits per heavy atom. The molecule has 3 aromatic rings. The predicted octanol–water partition coefficient (Wildman–Crippen LogP) is 4.81. The Kier molecular flexibility index (Phi) is 7.13. The summed E-state index contributed by atoms with van der Waals surface area (Å²) < 4.78 is 17.1. The maximum absolute atomic E-state index is 13.5. The van der Waals surface area contributed by atoms with Gasteiger partial charge in [0.15, 0.2) is 5.78 Å². The van der Waals surface area contributed by atoms with Crippen LogP contribution in [0.1, 0.15) is 30.4 Å². The zero-order chi connectivity index (χ0) is 24.3. The van der Waals surface area contributed by atoms with Crippen molar-refractivity contribution in [1.82, 2.24) is 5.32 Å². The van der Waals surface area contributed by atoms with Crippen LogP contribution in [0.4, 0.5) is 0 Å². The number of carbonyl (C=O) groups excluding carboxylic acids is 2. The van der Waals surface area contributed by atoms with E-state index in [0.29, 0.717) is 19.0 Å². The number of hydrogen-bond donors (Lipinski definition) is 1.